The van der Waals surface area contributed by atoms with Crippen LogP contribution < -0.4 is 15.5 Å². The van der Waals surface area contributed by atoms with E-state index in [0.717, 1.165) is 35.5 Å². The van der Waals surface area contributed by atoms with E-state index in [2.05, 4.69) is 40.5 Å². The molecule has 112 valence electrons. The number of aryl methyl sites for hydroxylation is 1. The number of fused-ring (bicyclic) bond motifs is 1. The highest BCUT2D eigenvalue weighted by Gasteiger charge is 2.21. The third kappa shape index (κ3) is 2.92. The summed E-state index contributed by atoms with van der Waals surface area (Å²) in [7, 11) is 0. The van der Waals surface area contributed by atoms with Gasteiger partial charge in [-0.1, -0.05) is 6.92 Å². The largest absolute Gasteiger partial charge is 0.354 e. The maximum Gasteiger partial charge on any atom is 0.239 e. The Balaban J connectivity index is 2.03. The summed E-state index contributed by atoms with van der Waals surface area (Å²) in [5.41, 5.74) is 0. The molecule has 2 aromatic heterocycles. The smallest absolute Gasteiger partial charge is 0.239 e. The van der Waals surface area contributed by atoms with Crippen LogP contribution in [0.3, 0.4) is 0 Å². The van der Waals surface area contributed by atoms with Crippen molar-refractivity contribution in [3.8, 4) is 0 Å². The van der Waals surface area contributed by atoms with E-state index < -0.39 is 0 Å². The van der Waals surface area contributed by atoms with Crippen molar-refractivity contribution >= 4 is 39.2 Å². The second-order valence-corrected chi connectivity index (χ2v) is 6.38. The SMILES string of the molecule is CCCNc1nc(N2CCNC(=O)C2)c2cc(C)sc2n1. The van der Waals surface area contributed by atoms with E-state index in [1.165, 1.54) is 4.88 Å². The van der Waals surface area contributed by atoms with Gasteiger partial charge in [0.1, 0.15) is 10.6 Å². The van der Waals surface area contributed by atoms with Crippen LogP contribution in [0, 0.1) is 6.92 Å². The summed E-state index contributed by atoms with van der Waals surface area (Å²) >= 11 is 1.66. The molecule has 6 nitrogen and oxygen atoms in total. The van der Waals surface area contributed by atoms with Crippen LogP contribution in [0.1, 0.15) is 18.2 Å². The molecule has 0 saturated carbocycles. The number of anilines is 2. The first kappa shape index (κ1) is 14.1. The maximum absolute atomic E-state index is 11.6. The fourth-order valence-electron chi connectivity index (χ4n) is 2.40. The topological polar surface area (TPSA) is 70.2 Å². The predicted molar refractivity (Wildman–Crippen MR) is 86.2 cm³/mol. The number of thiophene rings is 1. The normalized spacial score (nSPS) is 15.3. The van der Waals surface area contributed by atoms with Crippen LogP contribution in [0.15, 0.2) is 6.07 Å². The van der Waals surface area contributed by atoms with Crippen molar-refractivity contribution in [2.24, 2.45) is 0 Å². The standard InChI is InChI=1S/C14H19N5OS/c1-3-4-16-14-17-12(19-6-5-15-11(20)8-19)10-7-9(2)21-13(10)18-14/h7H,3-6,8H2,1-2H3,(H,15,20)(H,16,17,18). The van der Waals surface area contributed by atoms with E-state index >= 15 is 0 Å². The summed E-state index contributed by atoms with van der Waals surface area (Å²) in [6, 6.07) is 2.10. The third-order valence-corrected chi connectivity index (χ3v) is 4.31. The Kier molecular flexibility index (Phi) is 3.92. The Bertz CT molecular complexity index is 669. The average Bonchev–Trinajstić information content (AvgIpc) is 2.84. The minimum atomic E-state index is 0.0445. The van der Waals surface area contributed by atoms with Crippen molar-refractivity contribution in [1.82, 2.24) is 15.3 Å². The lowest BCUT2D eigenvalue weighted by molar-refractivity contribution is -0.120. The van der Waals surface area contributed by atoms with Crippen molar-refractivity contribution < 1.29 is 4.79 Å². The fourth-order valence-corrected chi connectivity index (χ4v) is 3.28. The number of piperazine rings is 1. The van der Waals surface area contributed by atoms with Crippen LogP contribution in [0.25, 0.3) is 10.2 Å². The van der Waals surface area contributed by atoms with E-state index in [1.807, 2.05) is 4.90 Å². The van der Waals surface area contributed by atoms with Crippen molar-refractivity contribution in [2.45, 2.75) is 20.3 Å². The number of nitrogens with zero attached hydrogens (tertiary/aromatic N) is 3. The Morgan fingerprint density at radius 2 is 2.33 bits per heavy atom. The minimum Gasteiger partial charge on any atom is -0.354 e. The number of carbonyl (C=O) groups excluding carboxylic acids is 1. The molecule has 3 rings (SSSR count). The van der Waals surface area contributed by atoms with E-state index in [1.54, 1.807) is 11.3 Å². The van der Waals surface area contributed by atoms with E-state index in [9.17, 15) is 4.79 Å². The molecule has 1 saturated heterocycles. The van der Waals surface area contributed by atoms with Gasteiger partial charge in [0.15, 0.2) is 0 Å². The number of hydrogen-bond acceptors (Lipinski definition) is 6. The lowest BCUT2D eigenvalue weighted by Gasteiger charge is -2.28. The molecular weight excluding hydrogens is 286 g/mol. The Hall–Kier alpha value is -1.89. The van der Waals surface area contributed by atoms with Gasteiger partial charge in [0.05, 0.1) is 11.9 Å². The molecule has 0 atom stereocenters. The molecule has 7 heteroatoms. The molecule has 1 amide bonds. The van der Waals surface area contributed by atoms with Gasteiger partial charge in [-0.2, -0.15) is 4.98 Å². The quantitative estimate of drug-likeness (QED) is 0.900. The Morgan fingerprint density at radius 1 is 1.48 bits per heavy atom. The molecule has 0 spiro atoms. The second kappa shape index (κ2) is 5.85. The highest BCUT2D eigenvalue weighted by atomic mass is 32.1. The van der Waals surface area contributed by atoms with E-state index in [0.29, 0.717) is 19.0 Å². The zero-order chi connectivity index (χ0) is 14.8. The number of rotatable bonds is 4. The fraction of sp³-hybridized carbons (Fsp3) is 0.500. The van der Waals surface area contributed by atoms with Crippen LogP contribution in [0.5, 0.6) is 0 Å². The molecule has 1 fully saturated rings. The summed E-state index contributed by atoms with van der Waals surface area (Å²) in [6.45, 7) is 6.81. The number of aromatic nitrogens is 2. The summed E-state index contributed by atoms with van der Waals surface area (Å²) < 4.78 is 0. The van der Waals surface area contributed by atoms with Gasteiger partial charge in [-0.3, -0.25) is 4.79 Å². The van der Waals surface area contributed by atoms with Gasteiger partial charge in [0.25, 0.3) is 0 Å². The molecule has 2 aromatic rings. The molecule has 2 N–H and O–H groups in total. The van der Waals surface area contributed by atoms with Gasteiger partial charge in [0, 0.05) is 24.5 Å². The number of carbonyl (C=O) groups is 1. The number of nitrogens with one attached hydrogen (secondary N) is 2. The van der Waals surface area contributed by atoms with Crippen LogP contribution in [0.4, 0.5) is 11.8 Å². The average molecular weight is 305 g/mol. The number of amides is 1. The van der Waals surface area contributed by atoms with Crippen molar-refractivity contribution in [1.29, 1.82) is 0 Å². The molecule has 0 bridgehead atoms. The highest BCUT2D eigenvalue weighted by Crippen LogP contribution is 2.31. The molecule has 0 aliphatic carbocycles. The molecular formula is C14H19N5OS. The zero-order valence-corrected chi connectivity index (χ0v) is 13.1. The lowest BCUT2D eigenvalue weighted by atomic mass is 10.3. The van der Waals surface area contributed by atoms with Crippen LogP contribution in [-0.4, -0.2) is 42.1 Å². The maximum atomic E-state index is 11.6. The van der Waals surface area contributed by atoms with Gasteiger partial charge in [-0.25, -0.2) is 4.98 Å². The van der Waals surface area contributed by atoms with Crippen molar-refractivity contribution in [3.05, 3.63) is 10.9 Å². The molecule has 21 heavy (non-hydrogen) atoms. The van der Waals surface area contributed by atoms with Gasteiger partial charge in [0.2, 0.25) is 11.9 Å². The second-order valence-electron chi connectivity index (χ2n) is 5.14. The molecule has 0 radical (unpaired) electrons. The van der Waals surface area contributed by atoms with Crippen molar-refractivity contribution in [2.75, 3.05) is 36.4 Å². The van der Waals surface area contributed by atoms with Gasteiger partial charge >= 0.3 is 0 Å². The molecule has 0 unspecified atom stereocenters. The molecule has 3 heterocycles. The van der Waals surface area contributed by atoms with Crippen LogP contribution >= 0.6 is 11.3 Å². The monoisotopic (exact) mass is 305 g/mol. The molecule has 0 aromatic carbocycles. The van der Waals surface area contributed by atoms with E-state index in [-0.39, 0.29) is 5.91 Å². The zero-order valence-electron chi connectivity index (χ0n) is 12.3. The van der Waals surface area contributed by atoms with Crippen LogP contribution in [0.2, 0.25) is 0 Å². The van der Waals surface area contributed by atoms with Gasteiger partial charge < -0.3 is 15.5 Å². The number of hydrogen-bond donors (Lipinski definition) is 2. The Morgan fingerprint density at radius 3 is 3.10 bits per heavy atom. The first-order valence-corrected chi connectivity index (χ1v) is 8.02. The first-order valence-electron chi connectivity index (χ1n) is 7.21. The summed E-state index contributed by atoms with van der Waals surface area (Å²) in [5, 5.41) is 7.13. The van der Waals surface area contributed by atoms with Crippen LogP contribution in [-0.2, 0) is 4.79 Å². The minimum absolute atomic E-state index is 0.0445. The summed E-state index contributed by atoms with van der Waals surface area (Å²) in [6.07, 6.45) is 1.02. The van der Waals surface area contributed by atoms with E-state index in [4.69, 9.17) is 0 Å². The van der Waals surface area contributed by atoms with Gasteiger partial charge in [-0.05, 0) is 19.4 Å². The molecule has 1 aliphatic rings. The first-order chi connectivity index (χ1) is 10.2. The Labute approximate surface area is 127 Å². The lowest BCUT2D eigenvalue weighted by Crippen LogP contribution is -2.48. The third-order valence-electron chi connectivity index (χ3n) is 3.37. The predicted octanol–water partition coefficient (Wildman–Crippen LogP) is 1.76. The summed E-state index contributed by atoms with van der Waals surface area (Å²) in [4.78, 5) is 25.1. The highest BCUT2D eigenvalue weighted by molar-refractivity contribution is 7.18. The van der Waals surface area contributed by atoms with Crippen molar-refractivity contribution in [3.63, 3.8) is 0 Å². The molecule has 1 aliphatic heterocycles. The van der Waals surface area contributed by atoms with Gasteiger partial charge in [-0.15, -0.1) is 11.3 Å². The summed E-state index contributed by atoms with van der Waals surface area (Å²) in [5.74, 6) is 1.55.